The Morgan fingerprint density at radius 3 is 2.81 bits per heavy atom. The van der Waals surface area contributed by atoms with Crippen molar-refractivity contribution in [3.63, 3.8) is 0 Å². The summed E-state index contributed by atoms with van der Waals surface area (Å²) in [6, 6.07) is 7.76. The molecule has 0 aromatic heterocycles. The normalized spacial score (nSPS) is 18.8. The number of ether oxygens (including phenoxy) is 1. The summed E-state index contributed by atoms with van der Waals surface area (Å²) in [5.41, 5.74) is 2.07. The summed E-state index contributed by atoms with van der Waals surface area (Å²) >= 11 is 3.43. The Morgan fingerprint density at radius 2 is 2.14 bits per heavy atom. The lowest BCUT2D eigenvalue weighted by Gasteiger charge is -2.37. The minimum atomic E-state index is -0.278. The van der Waals surface area contributed by atoms with E-state index in [-0.39, 0.29) is 29.2 Å². The fraction of sp³-hybridized carbons (Fsp3) is 0.500. The van der Waals surface area contributed by atoms with Crippen LogP contribution in [0.2, 0.25) is 0 Å². The first-order valence-electron chi connectivity index (χ1n) is 7.20. The van der Waals surface area contributed by atoms with E-state index in [4.69, 9.17) is 4.74 Å². The van der Waals surface area contributed by atoms with Crippen LogP contribution in [0.15, 0.2) is 24.3 Å². The number of rotatable bonds is 4. The van der Waals surface area contributed by atoms with Gasteiger partial charge in [0.2, 0.25) is 5.91 Å². The molecule has 1 aromatic rings. The Labute approximate surface area is 133 Å². The van der Waals surface area contributed by atoms with Crippen LogP contribution in [0.3, 0.4) is 0 Å². The van der Waals surface area contributed by atoms with Crippen LogP contribution in [0, 0.1) is 0 Å². The highest BCUT2D eigenvalue weighted by atomic mass is 79.9. The number of alkyl halides is 1. The van der Waals surface area contributed by atoms with Crippen LogP contribution in [0.4, 0.5) is 5.69 Å². The number of fused-ring (bicyclic) bond motifs is 1. The molecule has 0 aliphatic carbocycles. The largest absolute Gasteiger partial charge is 0.469 e. The lowest BCUT2D eigenvalue weighted by atomic mass is 9.93. The summed E-state index contributed by atoms with van der Waals surface area (Å²) in [5.74, 6) is -0.265. The number of benzene rings is 1. The van der Waals surface area contributed by atoms with Crippen molar-refractivity contribution < 1.29 is 14.3 Å². The molecule has 0 saturated carbocycles. The number of hydrogen-bond acceptors (Lipinski definition) is 3. The fourth-order valence-corrected chi connectivity index (χ4v) is 2.92. The fourth-order valence-electron chi connectivity index (χ4n) is 2.70. The third-order valence-electron chi connectivity index (χ3n) is 3.86. The van der Waals surface area contributed by atoms with Crippen LogP contribution >= 0.6 is 15.9 Å². The third-order valence-corrected chi connectivity index (χ3v) is 4.90. The number of para-hydroxylation sites is 1. The van der Waals surface area contributed by atoms with Crippen molar-refractivity contribution in [2.45, 2.75) is 43.5 Å². The lowest BCUT2D eigenvalue weighted by Crippen LogP contribution is -2.48. The zero-order valence-electron chi connectivity index (χ0n) is 12.3. The number of halogens is 1. The van der Waals surface area contributed by atoms with E-state index in [1.54, 1.807) is 4.90 Å². The third kappa shape index (κ3) is 3.46. The Bertz CT molecular complexity index is 532. The van der Waals surface area contributed by atoms with Crippen molar-refractivity contribution in [2.24, 2.45) is 0 Å². The molecule has 2 atom stereocenters. The molecule has 0 radical (unpaired) electrons. The van der Waals surface area contributed by atoms with Gasteiger partial charge in [0.15, 0.2) is 0 Å². The van der Waals surface area contributed by atoms with Crippen molar-refractivity contribution in [2.75, 3.05) is 12.0 Å². The molecule has 1 heterocycles. The van der Waals surface area contributed by atoms with E-state index in [1.807, 2.05) is 31.2 Å². The first kappa shape index (κ1) is 16.0. The van der Waals surface area contributed by atoms with E-state index in [0.29, 0.717) is 6.42 Å². The van der Waals surface area contributed by atoms with E-state index in [2.05, 4.69) is 15.9 Å². The van der Waals surface area contributed by atoms with Crippen molar-refractivity contribution in [1.82, 2.24) is 0 Å². The van der Waals surface area contributed by atoms with Crippen LogP contribution in [-0.2, 0) is 20.7 Å². The molecule has 4 nitrogen and oxygen atoms in total. The second-order valence-corrected chi connectivity index (χ2v) is 6.29. The monoisotopic (exact) mass is 353 g/mol. The zero-order chi connectivity index (χ0) is 15.4. The Hall–Kier alpha value is -1.36. The SMILES string of the molecule is CCC(Br)C(=O)N1c2ccccc2CC[C@H]1CC(=O)OC. The molecule has 114 valence electrons. The number of nitrogens with zero attached hydrogens (tertiary/aromatic N) is 1. The molecule has 0 bridgehead atoms. The van der Waals surface area contributed by atoms with Gasteiger partial charge in [-0.25, -0.2) is 0 Å². The van der Waals surface area contributed by atoms with Crippen molar-refractivity contribution in [3.05, 3.63) is 29.8 Å². The number of aryl methyl sites for hydroxylation is 1. The number of carbonyl (C=O) groups is 2. The van der Waals surface area contributed by atoms with E-state index in [9.17, 15) is 9.59 Å². The topological polar surface area (TPSA) is 46.6 Å². The maximum Gasteiger partial charge on any atom is 0.307 e. The number of carbonyl (C=O) groups excluding carboxylic acids is 2. The van der Waals surface area contributed by atoms with Crippen molar-refractivity contribution in [1.29, 1.82) is 0 Å². The van der Waals surface area contributed by atoms with Crippen LogP contribution in [-0.4, -0.2) is 29.9 Å². The number of amides is 1. The molecule has 21 heavy (non-hydrogen) atoms. The Morgan fingerprint density at radius 1 is 1.43 bits per heavy atom. The Balaban J connectivity index is 2.34. The van der Waals surface area contributed by atoms with Gasteiger partial charge in [0.05, 0.1) is 18.4 Å². The van der Waals surface area contributed by atoms with Crippen LogP contribution in [0.1, 0.15) is 31.7 Å². The quantitative estimate of drug-likeness (QED) is 0.617. The second kappa shape index (κ2) is 7.07. The molecular formula is C16H20BrNO3. The predicted octanol–water partition coefficient (Wildman–Crippen LogP) is 3.07. The second-order valence-electron chi connectivity index (χ2n) is 5.19. The molecule has 5 heteroatoms. The molecule has 0 saturated heterocycles. The van der Waals surface area contributed by atoms with Crippen LogP contribution < -0.4 is 4.90 Å². The summed E-state index contributed by atoms with van der Waals surface area (Å²) in [5, 5.41) is 0. The van der Waals surface area contributed by atoms with Gasteiger partial charge in [-0.1, -0.05) is 41.1 Å². The molecule has 0 spiro atoms. The molecule has 1 aromatic carbocycles. The summed E-state index contributed by atoms with van der Waals surface area (Å²) in [7, 11) is 1.38. The molecule has 1 aliphatic heterocycles. The first-order chi connectivity index (χ1) is 10.1. The predicted molar refractivity (Wildman–Crippen MR) is 85.7 cm³/mol. The molecule has 1 unspecified atom stereocenters. The maximum absolute atomic E-state index is 12.7. The highest BCUT2D eigenvalue weighted by Gasteiger charge is 2.34. The van der Waals surface area contributed by atoms with Gasteiger partial charge in [-0.2, -0.15) is 0 Å². The average Bonchev–Trinajstić information content (AvgIpc) is 2.53. The molecular weight excluding hydrogens is 334 g/mol. The van der Waals surface area contributed by atoms with Gasteiger partial charge in [-0.15, -0.1) is 0 Å². The summed E-state index contributed by atoms with van der Waals surface area (Å²) in [4.78, 5) is 25.9. The van der Waals surface area contributed by atoms with Gasteiger partial charge >= 0.3 is 5.97 Å². The van der Waals surface area contributed by atoms with Gasteiger partial charge in [0.1, 0.15) is 0 Å². The maximum atomic E-state index is 12.7. The number of hydrogen-bond donors (Lipinski definition) is 0. The van der Waals surface area contributed by atoms with Gasteiger partial charge in [-0.3, -0.25) is 9.59 Å². The zero-order valence-corrected chi connectivity index (χ0v) is 13.9. The van der Waals surface area contributed by atoms with Crippen LogP contribution in [0.5, 0.6) is 0 Å². The number of esters is 1. The van der Waals surface area contributed by atoms with Crippen LogP contribution in [0.25, 0.3) is 0 Å². The molecule has 2 rings (SSSR count). The number of anilines is 1. The summed E-state index contributed by atoms with van der Waals surface area (Å²) in [6.07, 6.45) is 2.60. The van der Waals surface area contributed by atoms with Gasteiger partial charge in [0, 0.05) is 11.7 Å². The molecule has 1 aliphatic rings. The number of methoxy groups -OCH3 is 1. The molecule has 0 N–H and O–H groups in total. The van der Waals surface area contributed by atoms with E-state index < -0.39 is 0 Å². The van der Waals surface area contributed by atoms with Gasteiger partial charge in [0.25, 0.3) is 0 Å². The van der Waals surface area contributed by atoms with Gasteiger partial charge in [-0.05, 0) is 30.9 Å². The smallest absolute Gasteiger partial charge is 0.307 e. The van der Waals surface area contributed by atoms with Crippen molar-refractivity contribution >= 4 is 33.5 Å². The highest BCUT2D eigenvalue weighted by molar-refractivity contribution is 9.10. The first-order valence-corrected chi connectivity index (χ1v) is 8.11. The summed E-state index contributed by atoms with van der Waals surface area (Å²) in [6.45, 7) is 1.96. The van der Waals surface area contributed by atoms with Gasteiger partial charge < -0.3 is 9.64 Å². The standard InChI is InChI=1S/C16H20BrNO3/c1-3-13(17)16(20)18-12(10-15(19)21-2)9-8-11-6-4-5-7-14(11)18/h4-7,12-13H,3,8-10H2,1-2H3/t12-,13?/m0/s1. The highest BCUT2D eigenvalue weighted by Crippen LogP contribution is 2.33. The van der Waals surface area contributed by atoms with E-state index in [0.717, 1.165) is 24.1 Å². The summed E-state index contributed by atoms with van der Waals surface area (Å²) < 4.78 is 4.77. The van der Waals surface area contributed by atoms with E-state index in [1.165, 1.54) is 7.11 Å². The minimum absolute atomic E-state index is 0.0125. The molecule has 0 fully saturated rings. The Kier molecular flexibility index (Phi) is 5.39. The van der Waals surface area contributed by atoms with E-state index >= 15 is 0 Å². The average molecular weight is 354 g/mol. The minimum Gasteiger partial charge on any atom is -0.469 e. The molecule has 1 amide bonds. The van der Waals surface area contributed by atoms with Crippen molar-refractivity contribution in [3.8, 4) is 0 Å². The lowest BCUT2D eigenvalue weighted by molar-refractivity contribution is -0.141.